The summed E-state index contributed by atoms with van der Waals surface area (Å²) in [7, 11) is 0. The van der Waals surface area contributed by atoms with Crippen LogP contribution in [0.2, 0.25) is 0 Å². The van der Waals surface area contributed by atoms with Crippen LogP contribution in [-0.4, -0.2) is 12.1 Å². The Labute approximate surface area is 85.0 Å². The first-order valence-corrected chi connectivity index (χ1v) is 5.93. The van der Waals surface area contributed by atoms with Crippen molar-refractivity contribution in [2.24, 2.45) is 23.7 Å². The maximum Gasteiger partial charge on any atom is 0.302 e. The minimum atomic E-state index is -0.0860. The Kier molecular flexibility index (Phi) is 1.86. The highest BCUT2D eigenvalue weighted by Gasteiger charge is 2.54. The van der Waals surface area contributed by atoms with Crippen LogP contribution >= 0.6 is 0 Å². The molecule has 14 heavy (non-hydrogen) atoms. The summed E-state index contributed by atoms with van der Waals surface area (Å²) in [6.45, 7) is 1.54. The third-order valence-electron chi connectivity index (χ3n) is 4.69. The fourth-order valence-corrected chi connectivity index (χ4v) is 4.35. The van der Waals surface area contributed by atoms with Gasteiger partial charge < -0.3 is 4.74 Å². The molecule has 0 saturated heterocycles. The van der Waals surface area contributed by atoms with E-state index in [0.29, 0.717) is 0 Å². The van der Waals surface area contributed by atoms with Gasteiger partial charge in [0, 0.05) is 6.92 Å². The molecule has 0 aromatic heterocycles. The summed E-state index contributed by atoms with van der Waals surface area (Å²) < 4.78 is 5.41. The zero-order valence-electron chi connectivity index (χ0n) is 8.74. The molecule has 0 N–H and O–H groups in total. The molecule has 0 heterocycles. The highest BCUT2D eigenvalue weighted by molar-refractivity contribution is 5.66. The number of hydrogen-bond donors (Lipinski definition) is 0. The molecule has 0 radical (unpaired) electrons. The van der Waals surface area contributed by atoms with E-state index in [0.717, 1.165) is 30.1 Å². The molecule has 0 amide bonds. The summed E-state index contributed by atoms with van der Waals surface area (Å²) in [4.78, 5) is 10.9. The largest absolute Gasteiger partial charge is 0.462 e. The number of rotatable bonds is 1. The van der Waals surface area contributed by atoms with Gasteiger partial charge in [-0.3, -0.25) is 4.79 Å². The first-order valence-electron chi connectivity index (χ1n) is 5.93. The van der Waals surface area contributed by atoms with Gasteiger partial charge in [0.25, 0.3) is 0 Å². The first-order chi connectivity index (χ1) is 6.75. The number of esters is 1. The van der Waals surface area contributed by atoms with Crippen LogP contribution < -0.4 is 0 Å². The predicted octanol–water partition coefficient (Wildman–Crippen LogP) is 2.37. The molecule has 0 aromatic rings. The number of ether oxygens (including phenoxy) is 1. The lowest BCUT2D eigenvalue weighted by Gasteiger charge is -2.30. The van der Waals surface area contributed by atoms with Gasteiger partial charge in [-0.15, -0.1) is 0 Å². The Morgan fingerprint density at radius 2 is 1.93 bits per heavy atom. The molecule has 3 aliphatic rings. The zero-order valence-corrected chi connectivity index (χ0v) is 8.74. The summed E-state index contributed by atoms with van der Waals surface area (Å²) in [5.41, 5.74) is 0. The second-order valence-electron chi connectivity index (χ2n) is 5.30. The van der Waals surface area contributed by atoms with E-state index in [2.05, 4.69) is 0 Å². The minimum Gasteiger partial charge on any atom is -0.462 e. The molecule has 0 aliphatic heterocycles. The summed E-state index contributed by atoms with van der Waals surface area (Å²) in [6.07, 6.45) is 7.02. The van der Waals surface area contributed by atoms with Gasteiger partial charge in [0.05, 0.1) is 0 Å². The maximum atomic E-state index is 10.9. The molecule has 0 aromatic carbocycles. The minimum absolute atomic E-state index is 0.0860. The Bertz CT molecular complexity index is 261. The molecule has 3 aliphatic carbocycles. The maximum absolute atomic E-state index is 10.9. The molecule has 2 heteroatoms. The van der Waals surface area contributed by atoms with Crippen molar-refractivity contribution >= 4 is 5.97 Å². The summed E-state index contributed by atoms with van der Waals surface area (Å²) >= 11 is 0. The van der Waals surface area contributed by atoms with Crippen LogP contribution in [0.5, 0.6) is 0 Å². The van der Waals surface area contributed by atoms with Crippen molar-refractivity contribution in [2.75, 3.05) is 0 Å². The lowest BCUT2D eigenvalue weighted by atomic mass is 9.80. The lowest BCUT2D eigenvalue weighted by Crippen LogP contribution is -2.31. The van der Waals surface area contributed by atoms with E-state index >= 15 is 0 Å². The van der Waals surface area contributed by atoms with Crippen molar-refractivity contribution in [2.45, 2.75) is 45.1 Å². The van der Waals surface area contributed by atoms with Gasteiger partial charge in [-0.25, -0.2) is 0 Å². The van der Waals surface area contributed by atoms with Crippen molar-refractivity contribution in [1.29, 1.82) is 0 Å². The third kappa shape index (κ3) is 1.12. The standard InChI is InChI=1S/C12H18O2/c1-7(13)14-12-6-8-5-11(12)10-4-2-3-9(8)10/h8-12H,2-6H2,1H3/t8?,9-,10-,11?,12+/m1/s1. The molecule has 2 nitrogen and oxygen atoms in total. The van der Waals surface area contributed by atoms with Gasteiger partial charge in [0.1, 0.15) is 6.10 Å². The monoisotopic (exact) mass is 194 g/mol. The average Bonchev–Trinajstić information content (AvgIpc) is 2.68. The topological polar surface area (TPSA) is 26.3 Å². The van der Waals surface area contributed by atoms with Crippen LogP contribution in [0.25, 0.3) is 0 Å². The van der Waals surface area contributed by atoms with Crippen LogP contribution in [0.15, 0.2) is 0 Å². The van der Waals surface area contributed by atoms with E-state index in [-0.39, 0.29) is 12.1 Å². The molecule has 5 atom stereocenters. The van der Waals surface area contributed by atoms with Crippen molar-refractivity contribution in [1.82, 2.24) is 0 Å². The summed E-state index contributed by atoms with van der Waals surface area (Å²) in [5.74, 6) is 3.41. The third-order valence-corrected chi connectivity index (χ3v) is 4.69. The Balaban J connectivity index is 1.73. The van der Waals surface area contributed by atoms with Crippen LogP contribution in [0.1, 0.15) is 39.0 Å². The van der Waals surface area contributed by atoms with E-state index in [1.165, 1.54) is 32.6 Å². The molecule has 3 saturated carbocycles. The van der Waals surface area contributed by atoms with Gasteiger partial charge >= 0.3 is 5.97 Å². The molecule has 2 bridgehead atoms. The Morgan fingerprint density at radius 1 is 1.14 bits per heavy atom. The van der Waals surface area contributed by atoms with Crippen molar-refractivity contribution < 1.29 is 9.53 Å². The van der Waals surface area contributed by atoms with E-state index in [9.17, 15) is 4.79 Å². The highest BCUT2D eigenvalue weighted by atomic mass is 16.5. The number of carbonyl (C=O) groups excluding carboxylic acids is 1. The van der Waals surface area contributed by atoms with Crippen molar-refractivity contribution in [3.05, 3.63) is 0 Å². The number of carbonyl (C=O) groups is 1. The normalized spacial score (nSPS) is 49.4. The quantitative estimate of drug-likeness (QED) is 0.599. The van der Waals surface area contributed by atoms with E-state index < -0.39 is 0 Å². The molecule has 3 fully saturated rings. The molecular weight excluding hydrogens is 176 g/mol. The fraction of sp³-hybridized carbons (Fsp3) is 0.917. The molecule has 78 valence electrons. The van der Waals surface area contributed by atoms with Gasteiger partial charge in [-0.1, -0.05) is 6.42 Å². The SMILES string of the molecule is CC(=O)O[C@H]1CC2CC1[C@@H]1CCC[C@H]21. The second kappa shape index (κ2) is 2.98. The van der Waals surface area contributed by atoms with Gasteiger partial charge in [-0.05, 0) is 49.4 Å². The van der Waals surface area contributed by atoms with Crippen molar-refractivity contribution in [3.63, 3.8) is 0 Å². The van der Waals surface area contributed by atoms with Crippen LogP contribution in [0.4, 0.5) is 0 Å². The molecular formula is C12H18O2. The van der Waals surface area contributed by atoms with E-state index in [4.69, 9.17) is 4.74 Å². The van der Waals surface area contributed by atoms with Gasteiger partial charge in [-0.2, -0.15) is 0 Å². The Hall–Kier alpha value is -0.530. The van der Waals surface area contributed by atoms with E-state index in [1.54, 1.807) is 0 Å². The molecule has 0 spiro atoms. The number of fused-ring (bicyclic) bond motifs is 5. The predicted molar refractivity (Wildman–Crippen MR) is 52.6 cm³/mol. The zero-order chi connectivity index (χ0) is 9.71. The van der Waals surface area contributed by atoms with Crippen LogP contribution in [-0.2, 0) is 9.53 Å². The van der Waals surface area contributed by atoms with Crippen molar-refractivity contribution in [3.8, 4) is 0 Å². The number of hydrogen-bond acceptors (Lipinski definition) is 2. The second-order valence-corrected chi connectivity index (χ2v) is 5.30. The average molecular weight is 194 g/mol. The smallest absolute Gasteiger partial charge is 0.302 e. The summed E-state index contributed by atoms with van der Waals surface area (Å²) in [5, 5.41) is 0. The van der Waals surface area contributed by atoms with Crippen LogP contribution in [0.3, 0.4) is 0 Å². The molecule has 3 rings (SSSR count). The fourth-order valence-electron chi connectivity index (χ4n) is 4.35. The van der Waals surface area contributed by atoms with Gasteiger partial charge in [0.15, 0.2) is 0 Å². The lowest BCUT2D eigenvalue weighted by molar-refractivity contribution is -0.150. The summed E-state index contributed by atoms with van der Waals surface area (Å²) in [6, 6.07) is 0. The first kappa shape index (κ1) is 8.75. The Morgan fingerprint density at radius 3 is 2.71 bits per heavy atom. The van der Waals surface area contributed by atoms with Gasteiger partial charge in [0.2, 0.25) is 0 Å². The van der Waals surface area contributed by atoms with Crippen LogP contribution in [0, 0.1) is 23.7 Å². The van der Waals surface area contributed by atoms with E-state index in [1.807, 2.05) is 0 Å². The molecule has 2 unspecified atom stereocenters. The highest BCUT2D eigenvalue weighted by Crippen LogP contribution is 2.59.